The van der Waals surface area contributed by atoms with Gasteiger partial charge in [0.2, 0.25) is 0 Å². The zero-order valence-corrected chi connectivity index (χ0v) is 15.6. The second kappa shape index (κ2) is 7.47. The molecule has 0 radical (unpaired) electrons. The molecule has 2 aromatic rings. The number of sulfone groups is 1. The summed E-state index contributed by atoms with van der Waals surface area (Å²) in [6.45, 7) is 3.60. The van der Waals surface area contributed by atoms with Crippen LogP contribution in [0, 0.1) is 6.92 Å². The number of rotatable bonds is 4. The van der Waals surface area contributed by atoms with E-state index < -0.39 is 9.84 Å². The molecule has 26 heavy (non-hydrogen) atoms. The molecule has 0 saturated carbocycles. The van der Waals surface area contributed by atoms with Crippen molar-refractivity contribution < 1.29 is 13.2 Å². The molecule has 0 bridgehead atoms. The van der Waals surface area contributed by atoms with Crippen LogP contribution >= 0.6 is 0 Å². The van der Waals surface area contributed by atoms with Crippen molar-refractivity contribution in [3.63, 3.8) is 0 Å². The topological polar surface area (TPSA) is 92.5 Å². The molecule has 1 amide bonds. The summed E-state index contributed by atoms with van der Waals surface area (Å²) in [5.74, 6) is 0.200. The molecule has 0 spiro atoms. The Morgan fingerprint density at radius 1 is 1.15 bits per heavy atom. The van der Waals surface area contributed by atoms with Crippen LogP contribution in [0.4, 0.5) is 11.4 Å². The summed E-state index contributed by atoms with van der Waals surface area (Å²) >= 11 is 0. The van der Waals surface area contributed by atoms with Crippen molar-refractivity contribution in [1.82, 2.24) is 4.90 Å². The average molecular weight is 373 g/mol. The Hall–Kier alpha value is -2.38. The van der Waals surface area contributed by atoms with Gasteiger partial charge in [0.25, 0.3) is 5.91 Å². The maximum Gasteiger partial charge on any atom is 0.255 e. The van der Waals surface area contributed by atoms with Crippen molar-refractivity contribution in [3.05, 3.63) is 59.2 Å². The summed E-state index contributed by atoms with van der Waals surface area (Å²) in [5.41, 5.74) is 9.58. The van der Waals surface area contributed by atoms with Gasteiger partial charge in [0.05, 0.1) is 11.5 Å². The predicted molar refractivity (Wildman–Crippen MR) is 104 cm³/mol. The van der Waals surface area contributed by atoms with Gasteiger partial charge >= 0.3 is 0 Å². The van der Waals surface area contributed by atoms with Crippen molar-refractivity contribution >= 4 is 27.1 Å². The van der Waals surface area contributed by atoms with Crippen molar-refractivity contribution in [3.8, 4) is 0 Å². The lowest BCUT2D eigenvalue weighted by atomic mass is 10.1. The normalized spacial score (nSPS) is 17.0. The van der Waals surface area contributed by atoms with Crippen LogP contribution in [-0.2, 0) is 16.4 Å². The van der Waals surface area contributed by atoms with Gasteiger partial charge in [0.1, 0.15) is 0 Å². The first-order valence-electron chi connectivity index (χ1n) is 8.52. The second-order valence-corrected chi connectivity index (χ2v) is 8.96. The highest BCUT2D eigenvalue weighted by atomic mass is 32.2. The molecular formula is C19H23N3O3S. The van der Waals surface area contributed by atoms with Crippen LogP contribution in [-0.4, -0.2) is 43.8 Å². The van der Waals surface area contributed by atoms with E-state index in [2.05, 4.69) is 10.2 Å². The number of aryl methyl sites for hydroxylation is 1. The van der Waals surface area contributed by atoms with Gasteiger partial charge in [0.15, 0.2) is 9.84 Å². The summed E-state index contributed by atoms with van der Waals surface area (Å²) in [4.78, 5) is 14.7. The second-order valence-electron chi connectivity index (χ2n) is 6.66. The number of carbonyl (C=O) groups excluding carboxylic acids is 1. The van der Waals surface area contributed by atoms with Gasteiger partial charge in [0, 0.05) is 36.6 Å². The van der Waals surface area contributed by atoms with Gasteiger partial charge in [-0.1, -0.05) is 18.2 Å². The largest absolute Gasteiger partial charge is 0.399 e. The van der Waals surface area contributed by atoms with Crippen LogP contribution in [0.3, 0.4) is 0 Å². The third-order valence-electron chi connectivity index (χ3n) is 4.54. The fourth-order valence-corrected chi connectivity index (χ4v) is 4.22. The standard InChI is InChI=1S/C19H23N3O3S/c1-14-5-6-17(20)12-18(14)21-19(23)16-4-2-3-15(11-16)13-22-7-9-26(24,25)10-8-22/h2-6,11-12H,7-10,13,20H2,1H3,(H,21,23). The summed E-state index contributed by atoms with van der Waals surface area (Å²) < 4.78 is 23.1. The van der Waals surface area contributed by atoms with Gasteiger partial charge in [-0.15, -0.1) is 0 Å². The molecule has 3 rings (SSSR count). The minimum Gasteiger partial charge on any atom is -0.399 e. The van der Waals surface area contributed by atoms with Crippen LogP contribution in [0.2, 0.25) is 0 Å². The number of amides is 1. The molecule has 1 aliphatic rings. The smallest absolute Gasteiger partial charge is 0.255 e. The number of nitrogens with zero attached hydrogens (tertiary/aromatic N) is 1. The van der Waals surface area contributed by atoms with E-state index in [-0.39, 0.29) is 17.4 Å². The quantitative estimate of drug-likeness (QED) is 0.801. The number of nitrogens with two attached hydrogens (primary N) is 1. The van der Waals surface area contributed by atoms with Crippen LogP contribution < -0.4 is 11.1 Å². The van der Waals surface area contributed by atoms with Crippen molar-refractivity contribution in [2.24, 2.45) is 0 Å². The highest BCUT2D eigenvalue weighted by molar-refractivity contribution is 7.91. The Kier molecular flexibility index (Phi) is 5.29. The van der Waals surface area contributed by atoms with Crippen LogP contribution in [0.15, 0.2) is 42.5 Å². The van der Waals surface area contributed by atoms with Gasteiger partial charge in [-0.25, -0.2) is 8.42 Å². The maximum atomic E-state index is 12.6. The fraction of sp³-hybridized carbons (Fsp3) is 0.316. The Balaban J connectivity index is 1.68. The number of benzene rings is 2. The van der Waals surface area contributed by atoms with Crippen molar-refractivity contribution in [1.29, 1.82) is 0 Å². The van der Waals surface area contributed by atoms with Crippen molar-refractivity contribution in [2.45, 2.75) is 13.5 Å². The van der Waals surface area contributed by atoms with E-state index in [1.165, 1.54) is 0 Å². The average Bonchev–Trinajstić information content (AvgIpc) is 2.60. The molecule has 0 aliphatic carbocycles. The molecule has 3 N–H and O–H groups in total. The highest BCUT2D eigenvalue weighted by Gasteiger charge is 2.21. The molecule has 1 heterocycles. The summed E-state index contributed by atoms with van der Waals surface area (Å²) in [7, 11) is -2.89. The van der Waals surface area contributed by atoms with E-state index in [4.69, 9.17) is 5.73 Å². The maximum absolute atomic E-state index is 12.6. The first kappa shape index (κ1) is 18.4. The van der Waals surface area contributed by atoms with E-state index in [0.717, 1.165) is 11.1 Å². The molecule has 1 aliphatic heterocycles. The molecule has 6 nitrogen and oxygen atoms in total. The lowest BCUT2D eigenvalue weighted by Crippen LogP contribution is -2.39. The molecule has 1 saturated heterocycles. The predicted octanol–water partition coefficient (Wildman–Crippen LogP) is 2.06. The van der Waals surface area contributed by atoms with Crippen LogP contribution in [0.25, 0.3) is 0 Å². The first-order chi connectivity index (χ1) is 12.3. The molecule has 0 atom stereocenters. The number of hydrogen-bond acceptors (Lipinski definition) is 5. The number of carbonyl (C=O) groups is 1. The summed E-state index contributed by atoms with van der Waals surface area (Å²) in [6, 6.07) is 12.8. The Bertz CT molecular complexity index is 911. The Morgan fingerprint density at radius 3 is 2.62 bits per heavy atom. The highest BCUT2D eigenvalue weighted by Crippen LogP contribution is 2.19. The SMILES string of the molecule is Cc1ccc(N)cc1NC(=O)c1cccc(CN2CCS(=O)(=O)CC2)c1. The number of nitrogens with one attached hydrogen (secondary N) is 1. The lowest BCUT2D eigenvalue weighted by molar-refractivity contribution is 0.102. The van der Waals surface area contributed by atoms with E-state index in [1.54, 1.807) is 18.2 Å². The molecule has 2 aromatic carbocycles. The molecule has 1 fully saturated rings. The van der Waals surface area contributed by atoms with E-state index in [0.29, 0.717) is 36.6 Å². The molecule has 0 aromatic heterocycles. The first-order valence-corrected chi connectivity index (χ1v) is 10.3. The number of anilines is 2. The number of nitrogen functional groups attached to an aromatic ring is 1. The molecule has 138 valence electrons. The third kappa shape index (κ3) is 4.62. The molecular weight excluding hydrogens is 350 g/mol. The zero-order valence-electron chi connectivity index (χ0n) is 14.7. The fourth-order valence-electron chi connectivity index (χ4n) is 2.95. The van der Waals surface area contributed by atoms with Gasteiger partial charge < -0.3 is 11.1 Å². The summed E-state index contributed by atoms with van der Waals surface area (Å²) in [6.07, 6.45) is 0. The molecule has 7 heteroatoms. The van der Waals surface area contributed by atoms with E-state index in [1.807, 2.05) is 31.2 Å². The number of hydrogen-bond donors (Lipinski definition) is 2. The van der Waals surface area contributed by atoms with Gasteiger partial charge in [-0.2, -0.15) is 0 Å². The molecule has 0 unspecified atom stereocenters. The Morgan fingerprint density at radius 2 is 1.88 bits per heavy atom. The third-order valence-corrected chi connectivity index (χ3v) is 6.15. The van der Waals surface area contributed by atoms with Gasteiger partial charge in [-0.05, 0) is 42.3 Å². The minimum atomic E-state index is -2.89. The van der Waals surface area contributed by atoms with Gasteiger partial charge in [-0.3, -0.25) is 9.69 Å². The summed E-state index contributed by atoms with van der Waals surface area (Å²) in [5, 5.41) is 2.90. The zero-order chi connectivity index (χ0) is 18.7. The van der Waals surface area contributed by atoms with E-state index in [9.17, 15) is 13.2 Å². The van der Waals surface area contributed by atoms with Crippen LogP contribution in [0.5, 0.6) is 0 Å². The lowest BCUT2D eigenvalue weighted by Gasteiger charge is -2.26. The van der Waals surface area contributed by atoms with E-state index >= 15 is 0 Å². The minimum absolute atomic E-state index is 0.193. The van der Waals surface area contributed by atoms with Crippen LogP contribution in [0.1, 0.15) is 21.5 Å². The Labute approximate surface area is 153 Å². The van der Waals surface area contributed by atoms with Crippen molar-refractivity contribution in [2.75, 3.05) is 35.6 Å². The monoisotopic (exact) mass is 373 g/mol.